The molecule has 0 aromatic heterocycles. The van der Waals surface area contributed by atoms with E-state index in [9.17, 15) is 145 Å². The van der Waals surface area contributed by atoms with Crippen molar-refractivity contribution in [2.45, 2.75) is 70.2 Å². The molecular formula is C26H19EuF24NO8-. The van der Waals surface area contributed by atoms with Gasteiger partial charge in [0.15, 0.2) is 0 Å². The first-order valence-electron chi connectivity index (χ1n) is 13.5. The molecule has 0 radical (unpaired) electrons. The Labute approximate surface area is 358 Å². The van der Waals surface area contributed by atoms with Gasteiger partial charge >= 0.3 is 98.8 Å². The van der Waals surface area contributed by atoms with Crippen molar-refractivity contribution in [3.05, 3.63) is 47.3 Å². The predicted molar refractivity (Wildman–Crippen MR) is 134 cm³/mol. The molecule has 0 unspecified atom stereocenters. The molecule has 34 heteroatoms. The van der Waals surface area contributed by atoms with Gasteiger partial charge in [0.2, 0.25) is 0 Å². The third kappa shape index (κ3) is 35.5. The molecule has 0 amide bonds. The molecular weight excluding hydrogens is 1060 g/mol. The Kier molecular flexibility index (Phi) is 30.7. The molecule has 0 spiro atoms. The maximum absolute atomic E-state index is 11.3. The van der Waals surface area contributed by atoms with Gasteiger partial charge < -0.3 is 25.3 Å². The van der Waals surface area contributed by atoms with E-state index < -0.39 is 120 Å². The number of alkyl halides is 24. The Hall–Kier alpha value is -3.30. The Morgan fingerprint density at radius 3 is 0.500 bits per heavy atom. The third-order valence-electron chi connectivity index (χ3n) is 4.63. The summed E-state index contributed by atoms with van der Waals surface area (Å²) in [6.45, 7) is 10.1. The summed E-state index contributed by atoms with van der Waals surface area (Å²) in [5.74, 6) is -22.6. The molecule has 0 aromatic carbocycles. The van der Waals surface area contributed by atoms with Crippen LogP contribution in [0.4, 0.5) is 105 Å². The van der Waals surface area contributed by atoms with Crippen LogP contribution in [0.2, 0.25) is 0 Å². The molecule has 0 aliphatic heterocycles. The van der Waals surface area contributed by atoms with E-state index in [4.69, 9.17) is 0 Å². The van der Waals surface area contributed by atoms with E-state index in [2.05, 4.69) is 25.7 Å². The number of ketones is 4. The van der Waals surface area contributed by atoms with Crippen molar-refractivity contribution in [1.29, 1.82) is 0 Å². The quantitative estimate of drug-likeness (QED) is 0.193. The minimum Gasteiger partial charge on any atom is -0.869 e. The van der Waals surface area contributed by atoms with Crippen molar-refractivity contribution >= 4 is 23.1 Å². The van der Waals surface area contributed by atoms with Crippen molar-refractivity contribution in [1.82, 2.24) is 4.90 Å². The van der Waals surface area contributed by atoms with Crippen molar-refractivity contribution in [2.24, 2.45) is 0 Å². The zero-order valence-corrected chi connectivity index (χ0v) is 31.0. The van der Waals surface area contributed by atoms with Gasteiger partial charge in [0.05, 0.1) is 0 Å². The van der Waals surface area contributed by atoms with Gasteiger partial charge in [-0.3, -0.25) is 19.2 Å². The van der Waals surface area contributed by atoms with Gasteiger partial charge in [-0.15, -0.1) is 0 Å². The first-order chi connectivity index (χ1) is 25.5. The Balaban J connectivity index is -0.000000153. The summed E-state index contributed by atoms with van der Waals surface area (Å²) in [5, 5.41) is 39.3. The molecule has 0 fully saturated rings. The number of halogens is 24. The van der Waals surface area contributed by atoms with Crippen LogP contribution in [0.25, 0.3) is 0 Å². The van der Waals surface area contributed by atoms with E-state index in [1.165, 1.54) is 19.6 Å². The van der Waals surface area contributed by atoms with Crippen molar-refractivity contribution < 1.29 is 194 Å². The van der Waals surface area contributed by atoms with Crippen LogP contribution in [0.1, 0.15) is 20.8 Å². The number of rotatable bonds is 7. The van der Waals surface area contributed by atoms with Gasteiger partial charge in [0.25, 0.3) is 23.1 Å². The summed E-state index contributed by atoms with van der Waals surface area (Å²) in [5.41, 5.74) is 0. The van der Waals surface area contributed by atoms with Crippen LogP contribution in [0.15, 0.2) is 47.3 Å². The second kappa shape index (κ2) is 26.9. The van der Waals surface area contributed by atoms with Gasteiger partial charge in [-0.1, -0.05) is 20.8 Å². The van der Waals surface area contributed by atoms with Crippen molar-refractivity contribution in [2.75, 3.05) is 19.6 Å². The molecule has 352 valence electrons. The van der Waals surface area contributed by atoms with Crippen LogP contribution in [-0.2, 0) is 19.2 Å². The number of hydrogen-bond donors (Lipinski definition) is 0. The minimum absolute atomic E-state index is 0. The van der Waals surface area contributed by atoms with Gasteiger partial charge in [-0.2, -0.15) is 105 Å². The third-order valence-corrected chi connectivity index (χ3v) is 4.63. The summed E-state index contributed by atoms with van der Waals surface area (Å²) < 4.78 is 271. The molecule has 0 atom stereocenters. The molecule has 0 aliphatic rings. The van der Waals surface area contributed by atoms with Gasteiger partial charge in [0, 0.05) is 0 Å². The van der Waals surface area contributed by atoms with Crippen LogP contribution in [0, 0.1) is 49.4 Å². The van der Waals surface area contributed by atoms with E-state index >= 15 is 0 Å². The summed E-state index contributed by atoms with van der Waals surface area (Å²) in [6.07, 6.45) is -47.8. The zero-order valence-electron chi connectivity index (χ0n) is 28.6. The molecule has 0 saturated carbocycles. The van der Waals surface area contributed by atoms with Crippen LogP contribution in [0.3, 0.4) is 0 Å². The van der Waals surface area contributed by atoms with E-state index in [0.29, 0.717) is 0 Å². The van der Waals surface area contributed by atoms with Gasteiger partial charge in [-0.05, 0) is 67.0 Å². The largest absolute Gasteiger partial charge is 3.00 e. The summed E-state index contributed by atoms with van der Waals surface area (Å²) >= 11 is 0. The Morgan fingerprint density at radius 2 is 0.450 bits per heavy atom. The fourth-order valence-electron chi connectivity index (χ4n) is 1.80. The fraction of sp³-hybridized carbons (Fsp3) is 0.538. The number of carbonyl (C=O) groups excluding carboxylic acids is 4. The molecule has 0 saturated heterocycles. The first kappa shape index (κ1) is 68.4. The number of allylic oxidation sites excluding steroid dienone is 8. The average molecular weight is 1080 g/mol. The summed E-state index contributed by atoms with van der Waals surface area (Å²) in [6, 6.07) is 0. The molecule has 0 N–H and O–H groups in total. The maximum atomic E-state index is 11.3. The van der Waals surface area contributed by atoms with Crippen molar-refractivity contribution in [3.8, 4) is 0 Å². The predicted octanol–water partition coefficient (Wildman–Crippen LogP) is 5.05. The van der Waals surface area contributed by atoms with E-state index in [1.54, 1.807) is 0 Å². The zero-order chi connectivity index (χ0) is 49.1. The average Bonchev–Trinajstić information content (AvgIpc) is 2.99. The minimum atomic E-state index is -5.46. The SMILES string of the molecule is CCN(CC)CC.O=C(/C=C(\[O-])C(F)(F)F)C(F)(F)F.O=C(/C=C(\[O-])C(F)(F)F)C(F)(F)F.O=C(/C=C(\[O-])C(F)(F)F)C(F)(F)F.O=C(/C=C(\[O-])C(F)(F)F)C(F)(F)F.[Eu+3]. The second-order valence-corrected chi connectivity index (χ2v) is 9.09. The molecule has 0 rings (SSSR count). The Bertz CT molecular complexity index is 1260. The molecule has 9 nitrogen and oxygen atoms in total. The van der Waals surface area contributed by atoms with E-state index in [-0.39, 0.29) is 49.4 Å². The van der Waals surface area contributed by atoms with Crippen LogP contribution in [0.5, 0.6) is 0 Å². The molecule has 60 heavy (non-hydrogen) atoms. The molecule has 0 aromatic rings. The summed E-state index contributed by atoms with van der Waals surface area (Å²) in [7, 11) is 0. The van der Waals surface area contributed by atoms with Gasteiger partial charge in [-0.25, -0.2) is 0 Å². The summed E-state index contributed by atoms with van der Waals surface area (Å²) in [4.78, 5) is 41.7. The van der Waals surface area contributed by atoms with Crippen molar-refractivity contribution in [3.63, 3.8) is 0 Å². The normalized spacial score (nSPS) is 13.7. The number of carbonyl (C=O) groups is 4. The standard InChI is InChI=1S/C6H15N.4C5H2F6O2.Eu/c1-4-7(5-2)6-3;4*6-4(7,8)2(12)1-3(13)5(9,10)11;/h4-6H2,1-3H3;4*1,12H;/q;;;;;+3/p-4/b;4*2-1-;. The van der Waals surface area contributed by atoms with E-state index in [0.717, 1.165) is 0 Å². The van der Waals surface area contributed by atoms with Gasteiger partial charge in [0.1, 0.15) is 0 Å². The molecule has 0 aliphatic carbocycles. The van der Waals surface area contributed by atoms with E-state index in [1.807, 2.05) is 0 Å². The second-order valence-electron chi connectivity index (χ2n) is 9.09. The molecule has 0 bridgehead atoms. The monoisotopic (exact) mass is 1080 g/mol. The maximum Gasteiger partial charge on any atom is 3.00 e. The van der Waals surface area contributed by atoms with Crippen LogP contribution < -0.4 is 20.4 Å². The Morgan fingerprint density at radius 1 is 0.333 bits per heavy atom. The smallest absolute Gasteiger partial charge is 0.869 e. The van der Waals surface area contributed by atoms with Crippen LogP contribution in [-0.4, -0.2) is 97.1 Å². The topological polar surface area (TPSA) is 164 Å². The molecule has 0 heterocycles. The van der Waals surface area contributed by atoms with Crippen LogP contribution >= 0.6 is 0 Å². The number of hydrogen-bond acceptors (Lipinski definition) is 9. The fourth-order valence-corrected chi connectivity index (χ4v) is 1.80. The number of nitrogens with zero attached hydrogens (tertiary/aromatic N) is 1. The first-order valence-corrected chi connectivity index (χ1v) is 13.5.